The summed E-state index contributed by atoms with van der Waals surface area (Å²) in [6, 6.07) is 11.0. The van der Waals surface area contributed by atoms with Crippen molar-refractivity contribution >= 4 is 29.0 Å². The molecule has 2 aromatic rings. The molecular weight excluding hydrogens is 390 g/mol. The second-order valence-corrected chi connectivity index (χ2v) is 8.14. The van der Waals surface area contributed by atoms with E-state index >= 15 is 0 Å². The maximum atomic E-state index is 13.3. The normalized spacial score (nSPS) is 17.6. The van der Waals surface area contributed by atoms with E-state index in [1.165, 1.54) is 0 Å². The van der Waals surface area contributed by atoms with Gasteiger partial charge in [-0.1, -0.05) is 53.5 Å². The van der Waals surface area contributed by atoms with Gasteiger partial charge in [-0.15, -0.1) is 0 Å². The summed E-state index contributed by atoms with van der Waals surface area (Å²) >= 11 is 11.0. The van der Waals surface area contributed by atoms with Crippen LogP contribution in [0.4, 0.5) is 4.39 Å². The summed E-state index contributed by atoms with van der Waals surface area (Å²) in [7, 11) is 0. The zero-order chi connectivity index (χ0) is 19.6. The van der Waals surface area contributed by atoms with Crippen molar-refractivity contribution in [2.45, 2.75) is 35.7 Å². The Morgan fingerprint density at radius 3 is 2.30 bits per heavy atom. The SMILES string of the molecule is NC1(c2ccc(-c3ccc([C@@H](O)[C@@H](CF)CC(=O)C(Cl)Cl)cc3)cn2)CC1. The Labute approximate surface area is 167 Å². The van der Waals surface area contributed by atoms with E-state index in [2.05, 4.69) is 4.98 Å². The highest BCUT2D eigenvalue weighted by molar-refractivity contribution is 6.53. The Hall–Kier alpha value is -1.53. The molecule has 27 heavy (non-hydrogen) atoms. The van der Waals surface area contributed by atoms with Gasteiger partial charge in [0.05, 0.1) is 24.0 Å². The molecule has 1 aliphatic rings. The third-order valence-electron chi connectivity index (χ3n) is 5.00. The monoisotopic (exact) mass is 410 g/mol. The molecule has 0 unspecified atom stereocenters. The van der Waals surface area contributed by atoms with Gasteiger partial charge in [0.2, 0.25) is 0 Å². The van der Waals surface area contributed by atoms with Gasteiger partial charge in [0.15, 0.2) is 10.6 Å². The van der Waals surface area contributed by atoms with E-state index in [0.717, 1.165) is 29.7 Å². The number of aliphatic hydroxyl groups is 1. The maximum Gasteiger partial charge on any atom is 0.166 e. The minimum absolute atomic E-state index is 0.219. The van der Waals surface area contributed by atoms with Gasteiger partial charge in [0.25, 0.3) is 0 Å². The fraction of sp³-hybridized carbons (Fsp3) is 0.400. The number of alkyl halides is 3. The Balaban J connectivity index is 1.71. The number of halogens is 3. The van der Waals surface area contributed by atoms with Gasteiger partial charge in [0.1, 0.15) is 0 Å². The van der Waals surface area contributed by atoms with Crippen LogP contribution < -0.4 is 5.73 Å². The fourth-order valence-corrected chi connectivity index (χ4v) is 3.17. The number of benzene rings is 1. The van der Waals surface area contributed by atoms with Gasteiger partial charge in [-0.2, -0.15) is 0 Å². The molecular formula is C20H21Cl2FN2O2. The molecule has 1 aromatic heterocycles. The first-order valence-electron chi connectivity index (χ1n) is 8.75. The maximum absolute atomic E-state index is 13.3. The number of hydrogen-bond acceptors (Lipinski definition) is 4. The van der Waals surface area contributed by atoms with Crippen molar-refractivity contribution in [2.24, 2.45) is 11.7 Å². The summed E-state index contributed by atoms with van der Waals surface area (Å²) < 4.78 is 13.3. The van der Waals surface area contributed by atoms with Gasteiger partial charge < -0.3 is 10.8 Å². The van der Waals surface area contributed by atoms with Crippen molar-refractivity contribution in [1.29, 1.82) is 0 Å². The molecule has 144 valence electrons. The largest absolute Gasteiger partial charge is 0.388 e. The van der Waals surface area contributed by atoms with Crippen LogP contribution in [0.25, 0.3) is 11.1 Å². The second-order valence-electron chi connectivity index (χ2n) is 7.04. The number of hydrogen-bond donors (Lipinski definition) is 2. The Bertz CT molecular complexity index is 793. The molecule has 3 rings (SSSR count). The van der Waals surface area contributed by atoms with Gasteiger partial charge >= 0.3 is 0 Å². The molecule has 3 N–H and O–H groups in total. The molecule has 4 nitrogen and oxygen atoms in total. The van der Waals surface area contributed by atoms with Crippen LogP contribution in [0.15, 0.2) is 42.6 Å². The van der Waals surface area contributed by atoms with E-state index in [1.807, 2.05) is 24.3 Å². The first kappa shape index (κ1) is 20.2. The quantitative estimate of drug-likeness (QED) is 0.642. The average Bonchev–Trinajstić information content (AvgIpc) is 3.44. The second kappa shape index (κ2) is 8.23. The lowest BCUT2D eigenvalue weighted by molar-refractivity contribution is -0.119. The Morgan fingerprint density at radius 2 is 1.81 bits per heavy atom. The van der Waals surface area contributed by atoms with Crippen LogP contribution in [0, 0.1) is 5.92 Å². The summed E-state index contributed by atoms with van der Waals surface area (Å²) in [4.78, 5) is 14.9. The van der Waals surface area contributed by atoms with Crippen molar-refractivity contribution in [3.8, 4) is 11.1 Å². The third kappa shape index (κ3) is 4.66. The van der Waals surface area contributed by atoms with Gasteiger partial charge in [-0.05, 0) is 30.0 Å². The lowest BCUT2D eigenvalue weighted by Gasteiger charge is -2.20. The molecule has 0 aliphatic heterocycles. The zero-order valence-electron chi connectivity index (χ0n) is 14.6. The highest BCUT2D eigenvalue weighted by atomic mass is 35.5. The molecule has 7 heteroatoms. The third-order valence-corrected chi connectivity index (χ3v) is 5.49. The molecule has 0 bridgehead atoms. The molecule has 2 atom stereocenters. The highest BCUT2D eigenvalue weighted by Crippen LogP contribution is 2.41. The number of Topliss-reactive ketones (excluding diaryl/α,β-unsaturated/α-hetero) is 1. The summed E-state index contributed by atoms with van der Waals surface area (Å²) in [6.07, 6.45) is 2.35. The van der Waals surface area contributed by atoms with Gasteiger partial charge in [0, 0.05) is 24.1 Å². The molecule has 1 saturated carbocycles. The predicted molar refractivity (Wildman–Crippen MR) is 104 cm³/mol. The van der Waals surface area contributed by atoms with Crippen molar-refractivity contribution in [2.75, 3.05) is 6.67 Å². The standard InChI is InChI=1S/C20H21Cl2FN2O2/c21-19(22)16(26)9-15(10-23)18(27)13-3-1-12(2-4-13)14-5-6-17(25-11-14)20(24)7-8-20/h1-6,11,15,18-19,27H,7-10,24H2/t15-,18-/m1/s1. The lowest BCUT2D eigenvalue weighted by atomic mass is 9.91. The van der Waals surface area contributed by atoms with Gasteiger partial charge in [-0.3, -0.25) is 14.2 Å². The minimum atomic E-state index is -1.22. The number of rotatable bonds is 8. The average molecular weight is 411 g/mol. The number of nitrogens with two attached hydrogens (primary N) is 1. The number of aliphatic hydroxyl groups excluding tert-OH is 1. The number of ketones is 1. The smallest absolute Gasteiger partial charge is 0.166 e. The van der Waals surface area contributed by atoms with Crippen LogP contribution in [-0.4, -0.2) is 27.4 Å². The molecule has 0 spiro atoms. The number of aromatic nitrogens is 1. The molecule has 1 heterocycles. The summed E-state index contributed by atoms with van der Waals surface area (Å²) in [5, 5.41) is 10.4. The molecule has 0 saturated heterocycles. The molecule has 1 aliphatic carbocycles. The fourth-order valence-electron chi connectivity index (χ4n) is 2.99. The van der Waals surface area contributed by atoms with Gasteiger partial charge in [-0.25, -0.2) is 0 Å². The number of carbonyl (C=O) groups excluding carboxylic acids is 1. The first-order chi connectivity index (χ1) is 12.8. The topological polar surface area (TPSA) is 76.2 Å². The van der Waals surface area contributed by atoms with E-state index < -0.39 is 29.3 Å². The van der Waals surface area contributed by atoms with Crippen molar-refractivity contribution in [1.82, 2.24) is 4.98 Å². The minimum Gasteiger partial charge on any atom is -0.388 e. The molecule has 0 radical (unpaired) electrons. The van der Waals surface area contributed by atoms with Crippen LogP contribution >= 0.6 is 23.2 Å². The molecule has 1 aromatic carbocycles. The van der Waals surface area contributed by atoms with Crippen LogP contribution in [0.3, 0.4) is 0 Å². The highest BCUT2D eigenvalue weighted by Gasteiger charge is 2.41. The van der Waals surface area contributed by atoms with Crippen LogP contribution in [0.5, 0.6) is 0 Å². The van der Waals surface area contributed by atoms with E-state index in [-0.39, 0.29) is 12.0 Å². The van der Waals surface area contributed by atoms with Crippen molar-refractivity contribution in [3.63, 3.8) is 0 Å². The molecule has 0 amide bonds. The zero-order valence-corrected chi connectivity index (χ0v) is 16.1. The Morgan fingerprint density at radius 1 is 1.19 bits per heavy atom. The van der Waals surface area contributed by atoms with E-state index in [4.69, 9.17) is 28.9 Å². The number of pyridine rings is 1. The van der Waals surface area contributed by atoms with Crippen LogP contribution in [0.1, 0.15) is 36.6 Å². The van der Waals surface area contributed by atoms with Crippen LogP contribution in [-0.2, 0) is 10.3 Å². The van der Waals surface area contributed by atoms with Crippen molar-refractivity contribution < 1.29 is 14.3 Å². The van der Waals surface area contributed by atoms with E-state index in [9.17, 15) is 14.3 Å². The first-order valence-corrected chi connectivity index (χ1v) is 9.62. The Kier molecular flexibility index (Phi) is 6.16. The predicted octanol–water partition coefficient (Wildman–Crippen LogP) is 4.08. The van der Waals surface area contributed by atoms with E-state index in [1.54, 1.807) is 18.3 Å². The summed E-state index contributed by atoms with van der Waals surface area (Å²) in [5.41, 5.74) is 9.14. The molecule has 1 fully saturated rings. The van der Waals surface area contributed by atoms with E-state index in [0.29, 0.717) is 5.56 Å². The summed E-state index contributed by atoms with van der Waals surface area (Å²) in [6.45, 7) is -0.846. The summed E-state index contributed by atoms with van der Waals surface area (Å²) in [5.74, 6) is -1.39. The lowest BCUT2D eigenvalue weighted by Crippen LogP contribution is -2.21. The van der Waals surface area contributed by atoms with Crippen LogP contribution in [0.2, 0.25) is 0 Å². The number of carbonyl (C=O) groups is 1. The number of nitrogens with zero attached hydrogens (tertiary/aromatic N) is 1. The van der Waals surface area contributed by atoms with Crippen molar-refractivity contribution in [3.05, 3.63) is 53.9 Å².